The number of carbonyl (C=O) groups is 1. The largest absolute Gasteiger partial charge is 0.436 e. The fraction of sp³-hybridized carbons (Fsp3) is 0.292. The number of piperidine rings is 1. The summed E-state index contributed by atoms with van der Waals surface area (Å²) in [6.45, 7) is 4.11. The highest BCUT2D eigenvalue weighted by molar-refractivity contribution is 5.79. The van der Waals surface area contributed by atoms with Gasteiger partial charge in [0.1, 0.15) is 5.75 Å². The molecule has 1 fully saturated rings. The maximum atomic E-state index is 12.6. The van der Waals surface area contributed by atoms with E-state index >= 15 is 0 Å². The van der Waals surface area contributed by atoms with Crippen molar-refractivity contribution >= 4 is 11.7 Å². The summed E-state index contributed by atoms with van der Waals surface area (Å²) in [6, 6.07) is 17.8. The van der Waals surface area contributed by atoms with Crippen molar-refractivity contribution in [2.24, 2.45) is 5.92 Å². The van der Waals surface area contributed by atoms with E-state index in [-0.39, 0.29) is 11.8 Å². The first-order valence-electron chi connectivity index (χ1n) is 10.3. The van der Waals surface area contributed by atoms with Crippen LogP contribution in [0, 0.1) is 12.8 Å². The molecule has 0 radical (unpaired) electrons. The van der Waals surface area contributed by atoms with Crippen molar-refractivity contribution in [3.63, 3.8) is 0 Å². The Hall–Kier alpha value is -3.41. The number of hydrogen-bond donors (Lipinski definition) is 1. The van der Waals surface area contributed by atoms with E-state index in [1.807, 2.05) is 30.3 Å². The molecule has 30 heavy (non-hydrogen) atoms. The molecule has 3 aromatic rings. The molecule has 4 rings (SSSR count). The molecule has 0 spiro atoms. The van der Waals surface area contributed by atoms with Crippen LogP contribution in [0.3, 0.4) is 0 Å². The lowest BCUT2D eigenvalue weighted by molar-refractivity contribution is -0.125. The Morgan fingerprint density at radius 1 is 1.03 bits per heavy atom. The van der Waals surface area contributed by atoms with Crippen molar-refractivity contribution in [1.82, 2.24) is 15.3 Å². The standard InChI is InChI=1S/C24H26N4O2/c1-18-7-9-19(10-8-18)17-27-23(29)20-11-15-28(16-12-20)22-24(26-14-13-25-22)30-21-5-3-2-4-6-21/h2-10,13-14,20H,11-12,15-17H2,1H3,(H,27,29). The van der Waals surface area contributed by atoms with E-state index < -0.39 is 0 Å². The van der Waals surface area contributed by atoms with Gasteiger partial charge in [-0.15, -0.1) is 0 Å². The van der Waals surface area contributed by atoms with Crippen molar-refractivity contribution in [3.05, 3.63) is 78.1 Å². The number of aryl methyl sites for hydroxylation is 1. The SMILES string of the molecule is Cc1ccc(CNC(=O)C2CCN(c3nccnc3Oc3ccccc3)CC2)cc1. The molecule has 1 aromatic heterocycles. The number of hydrogen-bond acceptors (Lipinski definition) is 5. The number of benzene rings is 2. The summed E-state index contributed by atoms with van der Waals surface area (Å²) < 4.78 is 5.94. The predicted molar refractivity (Wildman–Crippen MR) is 117 cm³/mol. The lowest BCUT2D eigenvalue weighted by Gasteiger charge is -2.32. The molecule has 1 N–H and O–H groups in total. The van der Waals surface area contributed by atoms with Gasteiger partial charge in [0.15, 0.2) is 5.82 Å². The summed E-state index contributed by atoms with van der Waals surface area (Å²) >= 11 is 0. The molecule has 0 bridgehead atoms. The van der Waals surface area contributed by atoms with Crippen LogP contribution in [-0.2, 0) is 11.3 Å². The van der Waals surface area contributed by atoms with Gasteiger partial charge in [-0.1, -0.05) is 48.0 Å². The summed E-state index contributed by atoms with van der Waals surface area (Å²) in [7, 11) is 0. The first-order chi connectivity index (χ1) is 14.7. The third kappa shape index (κ3) is 4.95. The second-order valence-electron chi connectivity index (χ2n) is 7.56. The van der Waals surface area contributed by atoms with E-state index in [2.05, 4.69) is 51.4 Å². The van der Waals surface area contributed by atoms with Crippen LogP contribution in [0.25, 0.3) is 0 Å². The lowest BCUT2D eigenvalue weighted by Crippen LogP contribution is -2.40. The number of nitrogens with zero attached hydrogens (tertiary/aromatic N) is 3. The molecular formula is C24H26N4O2. The molecule has 0 unspecified atom stereocenters. The van der Waals surface area contributed by atoms with E-state index in [4.69, 9.17) is 4.74 Å². The number of carbonyl (C=O) groups excluding carboxylic acids is 1. The molecule has 0 aliphatic carbocycles. The van der Waals surface area contributed by atoms with Gasteiger partial charge in [-0.3, -0.25) is 4.79 Å². The first-order valence-corrected chi connectivity index (χ1v) is 10.3. The smallest absolute Gasteiger partial charge is 0.263 e. The fourth-order valence-corrected chi connectivity index (χ4v) is 3.60. The van der Waals surface area contributed by atoms with Gasteiger partial charge < -0.3 is 15.0 Å². The van der Waals surface area contributed by atoms with Crippen molar-refractivity contribution in [3.8, 4) is 11.6 Å². The Bertz CT molecular complexity index is 968. The molecule has 2 heterocycles. The lowest BCUT2D eigenvalue weighted by atomic mass is 9.96. The molecule has 1 saturated heterocycles. The highest BCUT2D eigenvalue weighted by Crippen LogP contribution is 2.30. The van der Waals surface area contributed by atoms with E-state index in [1.54, 1.807) is 12.4 Å². The molecule has 1 aliphatic rings. The molecular weight excluding hydrogens is 376 g/mol. The number of rotatable bonds is 6. The molecule has 0 atom stereocenters. The molecule has 0 saturated carbocycles. The third-order valence-corrected chi connectivity index (χ3v) is 5.36. The van der Waals surface area contributed by atoms with E-state index in [0.29, 0.717) is 12.4 Å². The summed E-state index contributed by atoms with van der Waals surface area (Å²) in [5.41, 5.74) is 2.34. The van der Waals surface area contributed by atoms with Crippen LogP contribution in [0.1, 0.15) is 24.0 Å². The minimum atomic E-state index is 0.0156. The van der Waals surface area contributed by atoms with Gasteiger partial charge in [0, 0.05) is 37.9 Å². The Kier molecular flexibility index (Phi) is 6.23. The predicted octanol–water partition coefficient (Wildman–Crippen LogP) is 4.11. The van der Waals surface area contributed by atoms with Crippen LogP contribution in [0.4, 0.5) is 5.82 Å². The molecule has 154 valence electrons. The van der Waals surface area contributed by atoms with Crippen molar-refractivity contribution in [2.45, 2.75) is 26.3 Å². The van der Waals surface area contributed by atoms with Gasteiger partial charge in [-0.2, -0.15) is 0 Å². The minimum Gasteiger partial charge on any atom is -0.436 e. The van der Waals surface area contributed by atoms with E-state index in [9.17, 15) is 4.79 Å². The summed E-state index contributed by atoms with van der Waals surface area (Å²) in [5, 5.41) is 3.08. The quantitative estimate of drug-likeness (QED) is 0.672. The van der Waals surface area contributed by atoms with Crippen LogP contribution in [-0.4, -0.2) is 29.0 Å². The minimum absolute atomic E-state index is 0.0156. The van der Waals surface area contributed by atoms with Gasteiger partial charge in [-0.25, -0.2) is 9.97 Å². The molecule has 2 aromatic carbocycles. The van der Waals surface area contributed by atoms with E-state index in [0.717, 1.165) is 43.1 Å². The molecule has 1 aliphatic heterocycles. The monoisotopic (exact) mass is 402 g/mol. The first kappa shape index (κ1) is 19.9. The zero-order valence-corrected chi connectivity index (χ0v) is 17.1. The maximum absolute atomic E-state index is 12.6. The molecule has 6 heteroatoms. The van der Waals surface area contributed by atoms with Gasteiger partial charge in [0.05, 0.1) is 0 Å². The number of nitrogens with one attached hydrogen (secondary N) is 1. The van der Waals surface area contributed by atoms with Crippen LogP contribution in [0.5, 0.6) is 11.6 Å². The second kappa shape index (κ2) is 9.39. The number of ether oxygens (including phenoxy) is 1. The number of amides is 1. The number of para-hydroxylation sites is 1. The highest BCUT2D eigenvalue weighted by atomic mass is 16.5. The van der Waals surface area contributed by atoms with E-state index in [1.165, 1.54) is 5.56 Å². The second-order valence-corrected chi connectivity index (χ2v) is 7.56. The van der Waals surface area contributed by atoms with Crippen LogP contribution >= 0.6 is 0 Å². The normalized spacial score (nSPS) is 14.4. The summed E-state index contributed by atoms with van der Waals surface area (Å²) in [6.07, 6.45) is 4.86. The van der Waals surface area contributed by atoms with Crippen LogP contribution < -0.4 is 15.0 Å². The topological polar surface area (TPSA) is 67.4 Å². The fourth-order valence-electron chi connectivity index (χ4n) is 3.60. The van der Waals surface area contributed by atoms with Gasteiger partial charge in [-0.05, 0) is 37.5 Å². The summed E-state index contributed by atoms with van der Waals surface area (Å²) in [4.78, 5) is 23.6. The van der Waals surface area contributed by atoms with Crippen molar-refractivity contribution in [2.75, 3.05) is 18.0 Å². The van der Waals surface area contributed by atoms with Gasteiger partial charge in [0.25, 0.3) is 5.88 Å². The van der Waals surface area contributed by atoms with Crippen molar-refractivity contribution < 1.29 is 9.53 Å². The Labute approximate surface area is 176 Å². The third-order valence-electron chi connectivity index (χ3n) is 5.36. The summed E-state index contributed by atoms with van der Waals surface area (Å²) in [5.74, 6) is 2.08. The Balaban J connectivity index is 1.33. The van der Waals surface area contributed by atoms with Crippen molar-refractivity contribution in [1.29, 1.82) is 0 Å². The Morgan fingerprint density at radius 3 is 2.47 bits per heavy atom. The zero-order valence-electron chi connectivity index (χ0n) is 17.1. The highest BCUT2D eigenvalue weighted by Gasteiger charge is 2.27. The van der Waals surface area contributed by atoms with Crippen LogP contribution in [0.15, 0.2) is 67.0 Å². The average molecular weight is 402 g/mol. The Morgan fingerprint density at radius 2 is 1.73 bits per heavy atom. The number of aromatic nitrogens is 2. The molecule has 1 amide bonds. The number of anilines is 1. The van der Waals surface area contributed by atoms with Gasteiger partial charge >= 0.3 is 0 Å². The molecule has 6 nitrogen and oxygen atoms in total. The maximum Gasteiger partial charge on any atom is 0.263 e. The van der Waals surface area contributed by atoms with Gasteiger partial charge in [0.2, 0.25) is 5.91 Å². The average Bonchev–Trinajstić information content (AvgIpc) is 2.80. The zero-order chi connectivity index (χ0) is 20.8. The van der Waals surface area contributed by atoms with Crippen LogP contribution in [0.2, 0.25) is 0 Å².